The van der Waals surface area contributed by atoms with Crippen molar-refractivity contribution in [3.8, 4) is 5.75 Å². The third-order valence-corrected chi connectivity index (χ3v) is 5.25. The number of rotatable bonds is 6. The van der Waals surface area contributed by atoms with Gasteiger partial charge in [0.2, 0.25) is 0 Å². The van der Waals surface area contributed by atoms with Gasteiger partial charge < -0.3 is 20.3 Å². The number of aromatic hydroxyl groups is 1. The zero-order chi connectivity index (χ0) is 19.2. The summed E-state index contributed by atoms with van der Waals surface area (Å²) in [4.78, 5) is 28.8. The molecule has 3 N–H and O–H groups in total. The van der Waals surface area contributed by atoms with E-state index in [-0.39, 0.29) is 18.8 Å². The standard InChI is InChI=1S/C20H26N2O5/c23-10-9-16-17(19(25)27-12-13-5-2-1-3-6-13)18(22-20(26)21-16)14-7-4-8-15(24)11-14/h4,7-8,11,13,17-18,23-24H,1-3,5-6,9-10,12H2,(H,22,26). The van der Waals surface area contributed by atoms with Gasteiger partial charge in [0.1, 0.15) is 11.7 Å². The number of hydrogen-bond acceptors (Lipinski definition) is 5. The number of ether oxygens (including phenoxy) is 1. The number of aliphatic hydroxyl groups is 1. The lowest BCUT2D eigenvalue weighted by Gasteiger charge is -2.31. The highest BCUT2D eigenvalue weighted by Gasteiger charge is 2.39. The van der Waals surface area contributed by atoms with Crippen LogP contribution in [0, 0.1) is 11.8 Å². The first kappa shape index (κ1) is 19.4. The first-order chi connectivity index (χ1) is 13.1. The number of aliphatic imine (C=N–C) groups is 1. The Hall–Kier alpha value is -2.41. The van der Waals surface area contributed by atoms with Crippen LogP contribution < -0.4 is 5.32 Å². The highest BCUT2D eigenvalue weighted by atomic mass is 16.5. The highest BCUT2D eigenvalue weighted by Crippen LogP contribution is 2.31. The van der Waals surface area contributed by atoms with Gasteiger partial charge in [-0.05, 0) is 36.5 Å². The van der Waals surface area contributed by atoms with Gasteiger partial charge in [0, 0.05) is 18.7 Å². The molecule has 0 radical (unpaired) electrons. The predicted octanol–water partition coefficient (Wildman–Crippen LogP) is 2.72. The molecule has 0 spiro atoms. The Morgan fingerprint density at radius 3 is 2.74 bits per heavy atom. The molecule has 7 heteroatoms. The fourth-order valence-electron chi connectivity index (χ4n) is 3.88. The van der Waals surface area contributed by atoms with Gasteiger partial charge in [-0.1, -0.05) is 31.4 Å². The number of urea groups is 1. The minimum Gasteiger partial charge on any atom is -0.508 e. The summed E-state index contributed by atoms with van der Waals surface area (Å²) < 4.78 is 5.60. The van der Waals surface area contributed by atoms with Gasteiger partial charge in [-0.3, -0.25) is 4.79 Å². The molecule has 7 nitrogen and oxygen atoms in total. The van der Waals surface area contributed by atoms with E-state index >= 15 is 0 Å². The van der Waals surface area contributed by atoms with E-state index in [1.165, 1.54) is 18.6 Å². The first-order valence-corrected chi connectivity index (χ1v) is 9.53. The molecule has 1 aliphatic heterocycles. The van der Waals surface area contributed by atoms with Gasteiger partial charge in [-0.25, -0.2) is 9.79 Å². The smallest absolute Gasteiger partial charge is 0.341 e. The van der Waals surface area contributed by atoms with Gasteiger partial charge in [0.15, 0.2) is 0 Å². The molecule has 2 aliphatic rings. The Balaban J connectivity index is 1.81. The maximum absolute atomic E-state index is 12.9. The highest BCUT2D eigenvalue weighted by molar-refractivity contribution is 6.09. The van der Waals surface area contributed by atoms with E-state index in [0.717, 1.165) is 25.7 Å². The van der Waals surface area contributed by atoms with E-state index in [1.54, 1.807) is 12.1 Å². The SMILES string of the molecule is O=C1N=C(CCO)C(C(=O)OCC2CCCCC2)C(c2cccc(O)c2)N1. The van der Waals surface area contributed by atoms with Crippen molar-refractivity contribution in [1.82, 2.24) is 5.32 Å². The molecule has 27 heavy (non-hydrogen) atoms. The molecule has 1 aromatic rings. The van der Waals surface area contributed by atoms with E-state index in [9.17, 15) is 19.8 Å². The summed E-state index contributed by atoms with van der Waals surface area (Å²) in [5.74, 6) is -0.859. The fraction of sp³-hybridized carbons (Fsp3) is 0.550. The van der Waals surface area contributed by atoms with Crippen LogP contribution in [-0.2, 0) is 9.53 Å². The second-order valence-electron chi connectivity index (χ2n) is 7.21. The number of esters is 1. The average molecular weight is 374 g/mol. The number of hydrogen-bond donors (Lipinski definition) is 3. The lowest BCUT2D eigenvalue weighted by atomic mass is 9.86. The van der Waals surface area contributed by atoms with Gasteiger partial charge in [0.05, 0.1) is 12.6 Å². The molecule has 0 bridgehead atoms. The van der Waals surface area contributed by atoms with Crippen molar-refractivity contribution < 1.29 is 24.5 Å². The van der Waals surface area contributed by atoms with Crippen molar-refractivity contribution in [2.75, 3.05) is 13.2 Å². The maximum atomic E-state index is 12.9. The number of aliphatic hydroxyl groups excluding tert-OH is 1. The number of phenols is 1. The van der Waals surface area contributed by atoms with Crippen LogP contribution in [0.3, 0.4) is 0 Å². The Morgan fingerprint density at radius 1 is 1.26 bits per heavy atom. The van der Waals surface area contributed by atoms with Gasteiger partial charge in [-0.2, -0.15) is 0 Å². The molecule has 1 heterocycles. The number of carbonyl (C=O) groups is 2. The van der Waals surface area contributed by atoms with E-state index < -0.39 is 24.0 Å². The molecule has 1 fully saturated rings. The van der Waals surface area contributed by atoms with Crippen LogP contribution in [-0.4, -0.2) is 41.1 Å². The largest absolute Gasteiger partial charge is 0.508 e. The zero-order valence-corrected chi connectivity index (χ0v) is 15.3. The van der Waals surface area contributed by atoms with Crippen LogP contribution in [0.25, 0.3) is 0 Å². The Kier molecular flexibility index (Phi) is 6.45. The third kappa shape index (κ3) is 4.86. The quantitative estimate of drug-likeness (QED) is 0.664. The van der Waals surface area contributed by atoms with Gasteiger partial charge in [0.25, 0.3) is 0 Å². The van der Waals surface area contributed by atoms with E-state index in [4.69, 9.17) is 4.74 Å². The number of benzene rings is 1. The van der Waals surface area contributed by atoms with Crippen molar-refractivity contribution >= 4 is 17.7 Å². The topological polar surface area (TPSA) is 108 Å². The molecule has 2 unspecified atom stereocenters. The lowest BCUT2D eigenvalue weighted by molar-refractivity contribution is -0.148. The van der Waals surface area contributed by atoms with Crippen molar-refractivity contribution in [1.29, 1.82) is 0 Å². The van der Waals surface area contributed by atoms with Crippen LogP contribution in [0.4, 0.5) is 4.79 Å². The number of phenolic OH excluding ortho intramolecular Hbond substituents is 1. The molecule has 2 amide bonds. The number of nitrogens with zero attached hydrogens (tertiary/aromatic N) is 1. The summed E-state index contributed by atoms with van der Waals surface area (Å²) in [6.07, 6.45) is 5.78. The van der Waals surface area contributed by atoms with Crippen LogP contribution >= 0.6 is 0 Å². The van der Waals surface area contributed by atoms with Crippen molar-refractivity contribution in [3.05, 3.63) is 29.8 Å². The molecular weight excluding hydrogens is 348 g/mol. The minimum absolute atomic E-state index is 0.0438. The van der Waals surface area contributed by atoms with E-state index in [2.05, 4.69) is 10.3 Å². The molecule has 3 rings (SSSR count). The second kappa shape index (κ2) is 8.99. The van der Waals surface area contributed by atoms with Crippen LogP contribution in [0.1, 0.15) is 50.1 Å². The summed E-state index contributed by atoms with van der Waals surface area (Å²) in [5.41, 5.74) is 0.900. The molecule has 146 valence electrons. The molecule has 0 aromatic heterocycles. The minimum atomic E-state index is -0.819. The van der Waals surface area contributed by atoms with Gasteiger partial charge >= 0.3 is 12.0 Å². The molecule has 1 aromatic carbocycles. The Morgan fingerprint density at radius 2 is 2.04 bits per heavy atom. The lowest BCUT2D eigenvalue weighted by Crippen LogP contribution is -2.45. The van der Waals surface area contributed by atoms with Gasteiger partial charge in [-0.15, -0.1) is 0 Å². The summed E-state index contributed by atoms with van der Waals surface area (Å²) in [6, 6.07) is 5.15. The number of nitrogens with one attached hydrogen (secondary N) is 1. The number of amides is 2. The van der Waals surface area contributed by atoms with E-state index in [0.29, 0.717) is 23.8 Å². The Labute approximate surface area is 158 Å². The second-order valence-corrected chi connectivity index (χ2v) is 7.21. The zero-order valence-electron chi connectivity index (χ0n) is 15.3. The normalized spacial score (nSPS) is 23.4. The predicted molar refractivity (Wildman–Crippen MR) is 99.5 cm³/mol. The first-order valence-electron chi connectivity index (χ1n) is 9.53. The number of carbonyl (C=O) groups excluding carboxylic acids is 2. The molecule has 1 aliphatic carbocycles. The monoisotopic (exact) mass is 374 g/mol. The molecule has 1 saturated carbocycles. The maximum Gasteiger partial charge on any atom is 0.341 e. The summed E-state index contributed by atoms with van der Waals surface area (Å²) in [7, 11) is 0. The molecular formula is C20H26N2O5. The summed E-state index contributed by atoms with van der Waals surface area (Å²) in [6.45, 7) is 0.147. The third-order valence-electron chi connectivity index (χ3n) is 5.25. The van der Waals surface area contributed by atoms with E-state index in [1.807, 2.05) is 0 Å². The van der Waals surface area contributed by atoms with Crippen LogP contribution in [0.2, 0.25) is 0 Å². The van der Waals surface area contributed by atoms with Crippen molar-refractivity contribution in [2.45, 2.75) is 44.6 Å². The van der Waals surface area contributed by atoms with Crippen molar-refractivity contribution in [3.63, 3.8) is 0 Å². The summed E-state index contributed by atoms with van der Waals surface area (Å²) >= 11 is 0. The Bertz CT molecular complexity index is 712. The van der Waals surface area contributed by atoms with Crippen LogP contribution in [0.15, 0.2) is 29.3 Å². The summed E-state index contributed by atoms with van der Waals surface area (Å²) in [5, 5.41) is 21.8. The fourth-order valence-corrected chi connectivity index (χ4v) is 3.88. The molecule has 0 saturated heterocycles. The molecule has 2 atom stereocenters. The average Bonchev–Trinajstić information content (AvgIpc) is 2.67. The van der Waals surface area contributed by atoms with Crippen molar-refractivity contribution in [2.24, 2.45) is 16.8 Å². The van der Waals surface area contributed by atoms with Crippen LogP contribution in [0.5, 0.6) is 5.75 Å².